The Labute approximate surface area is 187 Å². The van der Waals surface area contributed by atoms with Crippen LogP contribution < -0.4 is 0 Å². The van der Waals surface area contributed by atoms with Gasteiger partial charge in [-0.15, -0.1) is 0 Å². The lowest BCUT2D eigenvalue weighted by Crippen LogP contribution is -2.49. The molecule has 0 aromatic heterocycles. The molecule has 4 aliphatic carbocycles. The molecule has 0 N–H and O–H groups in total. The van der Waals surface area contributed by atoms with Crippen molar-refractivity contribution in [2.45, 2.75) is 84.7 Å². The lowest BCUT2D eigenvalue weighted by atomic mass is 9.49. The highest BCUT2D eigenvalue weighted by Crippen LogP contribution is 2.63. The Morgan fingerprint density at radius 2 is 1.84 bits per heavy atom. The molecule has 0 radical (unpaired) electrons. The van der Waals surface area contributed by atoms with Gasteiger partial charge in [-0.05, 0) is 100 Å². The Hall–Kier alpha value is -2.01. The van der Waals surface area contributed by atoms with E-state index in [1.807, 2.05) is 0 Å². The van der Waals surface area contributed by atoms with Crippen LogP contribution in [0.4, 0.5) is 0 Å². The zero-order chi connectivity index (χ0) is 21.6. The minimum atomic E-state index is -0.114. The summed E-state index contributed by atoms with van der Waals surface area (Å²) in [7, 11) is 0. The Balaban J connectivity index is 1.37. The van der Waals surface area contributed by atoms with Crippen LogP contribution in [0.15, 0.2) is 41.5 Å². The summed E-state index contributed by atoms with van der Waals surface area (Å²) >= 11 is 0. The van der Waals surface area contributed by atoms with Crippen LogP contribution in [0.25, 0.3) is 0 Å². The normalized spacial score (nSPS) is 38.9. The predicted octanol–water partition coefficient (Wildman–Crippen LogP) is 6.69. The van der Waals surface area contributed by atoms with Crippen molar-refractivity contribution in [3.63, 3.8) is 0 Å². The van der Waals surface area contributed by atoms with Gasteiger partial charge in [0.05, 0.1) is 5.41 Å². The minimum Gasteiger partial charge on any atom is -0.463 e. The SMILES string of the molecule is CC(=O)O[C@@H]1CC[C@@]2(C)[C@H](CC[C@@H]3C4=C(CC[C@@H]32)[C@](C)(C#Cc2ccccc2)CC4)C1. The van der Waals surface area contributed by atoms with Crippen molar-refractivity contribution in [2.24, 2.45) is 28.6 Å². The van der Waals surface area contributed by atoms with Crippen LogP contribution in [0, 0.1) is 40.4 Å². The van der Waals surface area contributed by atoms with Crippen LogP contribution in [0.1, 0.15) is 84.1 Å². The first-order chi connectivity index (χ1) is 14.9. The standard InChI is InChI=1S/C29H36O2/c1-20(30)31-23-14-18-29(3)22(19-23)9-10-24-25-15-17-28(2,26(25)11-12-27(24)29)16-13-21-7-5-4-6-8-21/h4-8,22-24,27H,9-12,14-15,17-19H2,1-3H3/t22-,23-,24-,27+,28-,29+/m1/s1. The van der Waals surface area contributed by atoms with Crippen molar-refractivity contribution in [3.8, 4) is 11.8 Å². The van der Waals surface area contributed by atoms with Gasteiger partial charge >= 0.3 is 5.97 Å². The molecule has 1 aromatic rings. The average molecular weight is 417 g/mol. The summed E-state index contributed by atoms with van der Waals surface area (Å²) in [5.41, 5.74) is 5.06. The van der Waals surface area contributed by atoms with Gasteiger partial charge in [-0.25, -0.2) is 0 Å². The predicted molar refractivity (Wildman–Crippen MR) is 124 cm³/mol. The van der Waals surface area contributed by atoms with Crippen molar-refractivity contribution in [1.82, 2.24) is 0 Å². The van der Waals surface area contributed by atoms with Gasteiger partial charge in [0.1, 0.15) is 6.10 Å². The van der Waals surface area contributed by atoms with Gasteiger partial charge < -0.3 is 4.74 Å². The second kappa shape index (κ2) is 7.84. The van der Waals surface area contributed by atoms with Crippen LogP contribution >= 0.6 is 0 Å². The number of carbonyl (C=O) groups is 1. The lowest BCUT2D eigenvalue weighted by Gasteiger charge is -2.57. The number of carbonyl (C=O) groups excluding carboxylic acids is 1. The molecule has 2 saturated carbocycles. The molecular formula is C29H36O2. The van der Waals surface area contributed by atoms with E-state index in [-0.39, 0.29) is 17.5 Å². The maximum Gasteiger partial charge on any atom is 0.302 e. The summed E-state index contributed by atoms with van der Waals surface area (Å²) < 4.78 is 5.62. The van der Waals surface area contributed by atoms with E-state index in [0.717, 1.165) is 30.2 Å². The Kier molecular flexibility index (Phi) is 5.28. The summed E-state index contributed by atoms with van der Waals surface area (Å²) in [5, 5.41) is 0. The van der Waals surface area contributed by atoms with Gasteiger partial charge in [-0.1, -0.05) is 48.1 Å². The number of hydrogen-bond donors (Lipinski definition) is 0. The lowest BCUT2D eigenvalue weighted by molar-refractivity contribution is -0.154. The van der Waals surface area contributed by atoms with Gasteiger partial charge in [0, 0.05) is 12.5 Å². The molecule has 31 heavy (non-hydrogen) atoms. The third-order valence-corrected chi connectivity index (χ3v) is 9.33. The van der Waals surface area contributed by atoms with E-state index in [4.69, 9.17) is 4.74 Å². The highest BCUT2D eigenvalue weighted by Gasteiger charge is 2.54. The smallest absolute Gasteiger partial charge is 0.302 e. The highest BCUT2D eigenvalue weighted by atomic mass is 16.5. The molecule has 0 bridgehead atoms. The Morgan fingerprint density at radius 1 is 1.03 bits per heavy atom. The molecule has 2 heteroatoms. The maximum atomic E-state index is 11.5. The summed E-state index contributed by atoms with van der Waals surface area (Å²) in [6, 6.07) is 10.4. The number of allylic oxidation sites excluding steroid dienone is 2. The number of esters is 1. The molecule has 0 amide bonds. The molecule has 0 saturated heterocycles. The molecular weight excluding hydrogens is 380 g/mol. The quantitative estimate of drug-likeness (QED) is 0.289. The van der Waals surface area contributed by atoms with Crippen molar-refractivity contribution in [1.29, 1.82) is 0 Å². The van der Waals surface area contributed by atoms with E-state index in [1.54, 1.807) is 18.1 Å². The number of fused-ring (bicyclic) bond motifs is 4. The summed E-state index contributed by atoms with van der Waals surface area (Å²) in [4.78, 5) is 11.5. The Morgan fingerprint density at radius 3 is 2.61 bits per heavy atom. The van der Waals surface area contributed by atoms with Crippen LogP contribution in [-0.2, 0) is 9.53 Å². The second-order valence-electron chi connectivity index (χ2n) is 11.0. The summed E-state index contributed by atoms with van der Waals surface area (Å²) in [6.45, 7) is 6.51. The van der Waals surface area contributed by atoms with Crippen LogP contribution in [-0.4, -0.2) is 12.1 Å². The van der Waals surface area contributed by atoms with Crippen molar-refractivity contribution >= 4 is 5.97 Å². The average Bonchev–Trinajstić information content (AvgIpc) is 3.10. The number of benzene rings is 1. The van der Waals surface area contributed by atoms with Gasteiger partial charge in [0.15, 0.2) is 0 Å². The van der Waals surface area contributed by atoms with Gasteiger partial charge in [-0.3, -0.25) is 4.79 Å². The van der Waals surface area contributed by atoms with Gasteiger partial charge in [0.2, 0.25) is 0 Å². The number of hydrogen-bond acceptors (Lipinski definition) is 2. The van der Waals surface area contributed by atoms with E-state index in [1.165, 1.54) is 44.9 Å². The fourth-order valence-electron chi connectivity index (χ4n) is 7.70. The van der Waals surface area contributed by atoms with E-state index >= 15 is 0 Å². The molecule has 164 valence electrons. The molecule has 6 atom stereocenters. The molecule has 2 fully saturated rings. The third-order valence-electron chi connectivity index (χ3n) is 9.33. The summed E-state index contributed by atoms with van der Waals surface area (Å²) in [6.07, 6.45) is 11.1. The molecule has 5 rings (SSSR count). The minimum absolute atomic E-state index is 0.0564. The fraction of sp³-hybridized carbons (Fsp3) is 0.621. The van der Waals surface area contributed by atoms with Crippen LogP contribution in [0.2, 0.25) is 0 Å². The monoisotopic (exact) mass is 416 g/mol. The third kappa shape index (κ3) is 3.65. The van der Waals surface area contributed by atoms with Crippen LogP contribution in [0.3, 0.4) is 0 Å². The van der Waals surface area contributed by atoms with E-state index < -0.39 is 0 Å². The van der Waals surface area contributed by atoms with E-state index in [9.17, 15) is 4.79 Å². The van der Waals surface area contributed by atoms with Gasteiger partial charge in [0.25, 0.3) is 0 Å². The first kappa shape index (κ1) is 20.9. The molecule has 4 aliphatic rings. The fourth-order valence-corrected chi connectivity index (χ4v) is 7.70. The van der Waals surface area contributed by atoms with Crippen molar-refractivity contribution < 1.29 is 9.53 Å². The number of rotatable bonds is 1. The summed E-state index contributed by atoms with van der Waals surface area (Å²) in [5.74, 6) is 9.33. The van der Waals surface area contributed by atoms with Crippen molar-refractivity contribution in [3.05, 3.63) is 47.0 Å². The Bertz CT molecular complexity index is 948. The van der Waals surface area contributed by atoms with E-state index in [0.29, 0.717) is 11.3 Å². The van der Waals surface area contributed by atoms with E-state index in [2.05, 4.69) is 56.0 Å². The highest BCUT2D eigenvalue weighted by molar-refractivity contribution is 5.66. The van der Waals surface area contributed by atoms with Crippen LogP contribution in [0.5, 0.6) is 0 Å². The first-order valence-corrected chi connectivity index (χ1v) is 12.4. The zero-order valence-corrected chi connectivity index (χ0v) is 19.4. The largest absolute Gasteiger partial charge is 0.463 e. The molecule has 0 heterocycles. The second-order valence-corrected chi connectivity index (χ2v) is 11.0. The molecule has 0 spiro atoms. The molecule has 1 aromatic carbocycles. The first-order valence-electron chi connectivity index (χ1n) is 12.4. The molecule has 0 aliphatic heterocycles. The molecule has 0 unspecified atom stereocenters. The maximum absolute atomic E-state index is 11.5. The topological polar surface area (TPSA) is 26.3 Å². The molecule has 2 nitrogen and oxygen atoms in total. The zero-order valence-electron chi connectivity index (χ0n) is 19.4. The van der Waals surface area contributed by atoms with Gasteiger partial charge in [-0.2, -0.15) is 0 Å². The van der Waals surface area contributed by atoms with Crippen molar-refractivity contribution in [2.75, 3.05) is 0 Å². The number of ether oxygens (including phenoxy) is 1.